The molecule has 0 saturated heterocycles. The number of aliphatic carboxylic acids is 1. The number of carboxylic acid groups (broad SMARTS) is 1. The van der Waals surface area contributed by atoms with Crippen molar-refractivity contribution in [2.75, 3.05) is 0 Å². The Hall–Kier alpha value is -1.84. The maximum Gasteiger partial charge on any atom is 0.307 e. The summed E-state index contributed by atoms with van der Waals surface area (Å²) in [6.07, 6.45) is 0.460. The molecule has 0 bridgehead atoms. The number of amides is 1. The molecule has 1 aromatic rings. The molecule has 0 unspecified atom stereocenters. The highest BCUT2D eigenvalue weighted by Gasteiger charge is 2.48. The molecular formula is C14H17NO3. The average Bonchev–Trinajstić information content (AvgIpc) is 3.09. The molecule has 0 aliphatic heterocycles. The van der Waals surface area contributed by atoms with E-state index in [2.05, 4.69) is 5.32 Å². The summed E-state index contributed by atoms with van der Waals surface area (Å²) in [6.45, 7) is 3.91. The third-order valence-electron chi connectivity index (χ3n) is 3.46. The van der Waals surface area contributed by atoms with E-state index < -0.39 is 11.9 Å². The first-order valence-electron chi connectivity index (χ1n) is 6.09. The molecule has 2 N–H and O–H groups in total. The summed E-state index contributed by atoms with van der Waals surface area (Å²) in [5, 5.41) is 11.7. The van der Waals surface area contributed by atoms with Crippen LogP contribution in [0.5, 0.6) is 0 Å². The van der Waals surface area contributed by atoms with Gasteiger partial charge in [0.05, 0.1) is 17.9 Å². The fourth-order valence-electron chi connectivity index (χ4n) is 2.23. The Morgan fingerprint density at radius 2 is 2.00 bits per heavy atom. The van der Waals surface area contributed by atoms with Gasteiger partial charge in [-0.3, -0.25) is 9.59 Å². The van der Waals surface area contributed by atoms with E-state index in [0.29, 0.717) is 6.42 Å². The van der Waals surface area contributed by atoms with E-state index in [-0.39, 0.29) is 17.9 Å². The van der Waals surface area contributed by atoms with Crippen molar-refractivity contribution in [2.24, 2.45) is 11.8 Å². The van der Waals surface area contributed by atoms with Gasteiger partial charge in [0.15, 0.2) is 0 Å². The van der Waals surface area contributed by atoms with Crippen LogP contribution in [0.2, 0.25) is 0 Å². The molecule has 0 aromatic heterocycles. The lowest BCUT2D eigenvalue weighted by Gasteiger charge is -2.16. The summed E-state index contributed by atoms with van der Waals surface area (Å²) >= 11 is 0. The van der Waals surface area contributed by atoms with Crippen molar-refractivity contribution in [3.05, 3.63) is 35.4 Å². The maximum atomic E-state index is 11.8. The Morgan fingerprint density at radius 3 is 2.56 bits per heavy atom. The van der Waals surface area contributed by atoms with Gasteiger partial charge < -0.3 is 10.4 Å². The number of nitrogens with one attached hydrogen (secondary N) is 1. The monoisotopic (exact) mass is 247 g/mol. The van der Waals surface area contributed by atoms with Crippen LogP contribution < -0.4 is 5.32 Å². The van der Waals surface area contributed by atoms with E-state index in [1.54, 1.807) is 0 Å². The van der Waals surface area contributed by atoms with Crippen LogP contribution in [-0.4, -0.2) is 17.0 Å². The molecule has 0 spiro atoms. The topological polar surface area (TPSA) is 66.4 Å². The van der Waals surface area contributed by atoms with E-state index in [1.807, 2.05) is 38.1 Å². The van der Waals surface area contributed by atoms with Gasteiger partial charge in [-0.05, 0) is 31.4 Å². The molecule has 1 aliphatic rings. The zero-order chi connectivity index (χ0) is 13.3. The molecule has 0 radical (unpaired) electrons. The number of carboxylic acids is 1. The number of carbonyl (C=O) groups is 2. The second kappa shape index (κ2) is 4.80. The lowest BCUT2D eigenvalue weighted by molar-refractivity contribution is -0.140. The van der Waals surface area contributed by atoms with Gasteiger partial charge in [-0.1, -0.05) is 24.3 Å². The number of aryl methyl sites for hydroxylation is 1. The van der Waals surface area contributed by atoms with E-state index in [9.17, 15) is 9.59 Å². The van der Waals surface area contributed by atoms with Crippen molar-refractivity contribution in [3.8, 4) is 0 Å². The molecule has 1 aromatic carbocycles. The smallest absolute Gasteiger partial charge is 0.307 e. The van der Waals surface area contributed by atoms with E-state index in [4.69, 9.17) is 5.11 Å². The van der Waals surface area contributed by atoms with Crippen LogP contribution >= 0.6 is 0 Å². The highest BCUT2D eigenvalue weighted by Crippen LogP contribution is 2.39. The molecule has 0 heterocycles. The van der Waals surface area contributed by atoms with Gasteiger partial charge in [0.2, 0.25) is 5.91 Å². The molecule has 3 atom stereocenters. The predicted molar refractivity (Wildman–Crippen MR) is 67.0 cm³/mol. The molecule has 2 rings (SSSR count). The first-order valence-corrected chi connectivity index (χ1v) is 6.09. The zero-order valence-corrected chi connectivity index (χ0v) is 10.5. The Morgan fingerprint density at radius 1 is 1.33 bits per heavy atom. The van der Waals surface area contributed by atoms with E-state index in [0.717, 1.165) is 11.1 Å². The summed E-state index contributed by atoms with van der Waals surface area (Å²) in [5.41, 5.74) is 2.19. The first-order chi connectivity index (χ1) is 8.50. The van der Waals surface area contributed by atoms with Gasteiger partial charge in [0.1, 0.15) is 0 Å². The minimum atomic E-state index is -0.876. The lowest BCUT2D eigenvalue weighted by atomic mass is 10.0. The van der Waals surface area contributed by atoms with Crippen LogP contribution in [0.15, 0.2) is 24.3 Å². The Labute approximate surface area is 106 Å². The number of benzene rings is 1. The third-order valence-corrected chi connectivity index (χ3v) is 3.46. The zero-order valence-electron chi connectivity index (χ0n) is 10.5. The van der Waals surface area contributed by atoms with Crippen LogP contribution in [-0.2, 0) is 9.59 Å². The van der Waals surface area contributed by atoms with Gasteiger partial charge >= 0.3 is 5.97 Å². The summed E-state index contributed by atoms with van der Waals surface area (Å²) in [6, 6.07) is 7.77. The summed E-state index contributed by atoms with van der Waals surface area (Å²) in [7, 11) is 0. The summed E-state index contributed by atoms with van der Waals surface area (Å²) < 4.78 is 0. The number of carbonyl (C=O) groups excluding carboxylic acids is 1. The van der Waals surface area contributed by atoms with Crippen molar-refractivity contribution in [1.82, 2.24) is 5.32 Å². The van der Waals surface area contributed by atoms with Gasteiger partial charge in [-0.2, -0.15) is 0 Å². The lowest BCUT2D eigenvalue weighted by Crippen LogP contribution is -2.29. The van der Waals surface area contributed by atoms with Crippen LogP contribution in [0.25, 0.3) is 0 Å². The normalized spacial score (nSPS) is 23.2. The largest absolute Gasteiger partial charge is 0.481 e. The molecule has 4 heteroatoms. The van der Waals surface area contributed by atoms with Gasteiger partial charge in [-0.25, -0.2) is 0 Å². The number of rotatable bonds is 4. The first kappa shape index (κ1) is 12.6. The van der Waals surface area contributed by atoms with Gasteiger partial charge in [0.25, 0.3) is 0 Å². The molecule has 1 fully saturated rings. The van der Waals surface area contributed by atoms with Crippen LogP contribution in [0, 0.1) is 18.8 Å². The minimum absolute atomic E-state index is 0.0891. The quantitative estimate of drug-likeness (QED) is 0.853. The summed E-state index contributed by atoms with van der Waals surface area (Å²) in [4.78, 5) is 22.5. The van der Waals surface area contributed by atoms with Crippen LogP contribution in [0.3, 0.4) is 0 Å². The molecule has 1 aliphatic carbocycles. The highest BCUT2D eigenvalue weighted by atomic mass is 16.4. The van der Waals surface area contributed by atoms with Crippen molar-refractivity contribution in [3.63, 3.8) is 0 Å². The predicted octanol–water partition coefficient (Wildman–Crippen LogP) is 1.89. The second-order valence-corrected chi connectivity index (χ2v) is 4.87. The highest BCUT2D eigenvalue weighted by molar-refractivity contribution is 5.89. The Kier molecular flexibility index (Phi) is 3.36. The standard InChI is InChI=1S/C14H17NO3/c1-8-5-3-4-6-10(8)9(2)15-13(16)11-7-12(11)14(17)18/h3-6,9,11-12H,7H2,1-2H3,(H,15,16)(H,17,18)/t9-,11-,12+/m1/s1. The molecule has 18 heavy (non-hydrogen) atoms. The van der Waals surface area contributed by atoms with Gasteiger partial charge in [0, 0.05) is 0 Å². The Bertz CT molecular complexity index is 484. The molecule has 1 amide bonds. The van der Waals surface area contributed by atoms with Crippen LogP contribution in [0.1, 0.15) is 30.5 Å². The van der Waals surface area contributed by atoms with Gasteiger partial charge in [-0.15, -0.1) is 0 Å². The molecule has 1 saturated carbocycles. The average molecular weight is 247 g/mol. The molecular weight excluding hydrogens is 230 g/mol. The fraction of sp³-hybridized carbons (Fsp3) is 0.429. The van der Waals surface area contributed by atoms with Crippen LogP contribution in [0.4, 0.5) is 0 Å². The Balaban J connectivity index is 1.97. The van der Waals surface area contributed by atoms with E-state index in [1.165, 1.54) is 0 Å². The second-order valence-electron chi connectivity index (χ2n) is 4.87. The van der Waals surface area contributed by atoms with Crippen molar-refractivity contribution >= 4 is 11.9 Å². The number of hydrogen-bond donors (Lipinski definition) is 2. The van der Waals surface area contributed by atoms with Crippen molar-refractivity contribution in [1.29, 1.82) is 0 Å². The third kappa shape index (κ3) is 2.53. The maximum absolute atomic E-state index is 11.8. The van der Waals surface area contributed by atoms with Crippen molar-refractivity contribution in [2.45, 2.75) is 26.3 Å². The number of hydrogen-bond acceptors (Lipinski definition) is 2. The van der Waals surface area contributed by atoms with E-state index >= 15 is 0 Å². The summed E-state index contributed by atoms with van der Waals surface area (Å²) in [5.74, 6) is -1.88. The minimum Gasteiger partial charge on any atom is -0.481 e. The fourth-order valence-corrected chi connectivity index (χ4v) is 2.23. The van der Waals surface area contributed by atoms with Crippen molar-refractivity contribution < 1.29 is 14.7 Å². The molecule has 4 nitrogen and oxygen atoms in total. The molecule has 96 valence electrons. The SMILES string of the molecule is Cc1ccccc1[C@@H](C)NC(=O)[C@@H]1C[C@@H]1C(=O)O.